The number of phenols is 3. The predicted molar refractivity (Wildman–Crippen MR) is 608 cm³/mol. The maximum atomic E-state index is 10.8. The Hall–Kier alpha value is -12.0. The van der Waals surface area contributed by atoms with Crippen molar-refractivity contribution in [2.75, 3.05) is 0 Å². The molecule has 780 valence electrons. The minimum absolute atomic E-state index is 0. The molecule has 0 spiro atoms. The van der Waals surface area contributed by atoms with Crippen LogP contribution in [0.15, 0.2) is 274 Å². The zero-order valence-electron chi connectivity index (χ0n) is 93.0. The summed E-state index contributed by atoms with van der Waals surface area (Å²) in [6.07, 6.45) is 5.75. The molecule has 0 saturated heterocycles. The minimum atomic E-state index is -0.218. The SMILES string of the molecule is CC(C)(C)c1cc(-c2ccnc(-c3[c-]c(-c4cc(C(C)(C)C)cc5oc(-c6ccccc6O)nc45)c(C(C)(C)C)cc3C(C)(C)C)c2)cc(C(C)(C)C)c1.CC(C)(C)c1cc(-c2ccnc(-c3[c-]c(-c4cccc5oc(-c6ccccc6O)nc45)c(C(C)(C)C)cc3C(C)(C)C)c2)cc(C(C)(C)C)c1.CC(C)(C)c1cc(-c2ccnc(-c3[c-]c(-c4cccc5oc(-c6ccccc6O)nc45)ccc3)c2)cc(C(C)(C)C)c1.[Pt].[Pt].[Pt]. The summed E-state index contributed by atoms with van der Waals surface area (Å²) in [5.74, 6) is 1.56. The first-order valence-corrected chi connectivity index (χ1v) is 51.3. The molecule has 12 nitrogen and oxygen atoms in total. The number of aromatic nitrogens is 6. The molecule has 0 bridgehead atoms. The van der Waals surface area contributed by atoms with E-state index in [1.807, 2.05) is 97.5 Å². The number of aromatic hydroxyl groups is 3. The number of nitrogens with zero attached hydrogens (tertiary/aromatic N) is 6. The first-order valence-electron chi connectivity index (χ1n) is 51.3. The molecule has 0 aliphatic carbocycles. The molecule has 0 amide bonds. The van der Waals surface area contributed by atoms with Gasteiger partial charge in [-0.1, -0.05) is 401 Å². The van der Waals surface area contributed by atoms with Gasteiger partial charge in [0.05, 0.1) is 33.2 Å². The van der Waals surface area contributed by atoms with E-state index in [0.717, 1.165) is 106 Å². The number of pyridine rings is 3. The summed E-state index contributed by atoms with van der Waals surface area (Å²) in [6.45, 7) is 74.7. The van der Waals surface area contributed by atoms with Gasteiger partial charge < -0.3 is 28.6 Å². The average molecular weight is 2520 g/mol. The fraction of sp³-hybridized carbons (Fsp3) is 0.328. The van der Waals surface area contributed by atoms with E-state index in [9.17, 15) is 15.3 Å². The average Bonchev–Trinajstić information content (AvgIpc) is 1.68. The van der Waals surface area contributed by atoms with Gasteiger partial charge in [0.15, 0.2) is 0 Å². The Morgan fingerprint density at radius 1 is 0.208 bits per heavy atom. The van der Waals surface area contributed by atoms with Crippen molar-refractivity contribution in [2.24, 2.45) is 0 Å². The maximum absolute atomic E-state index is 10.8. The molecule has 0 unspecified atom stereocenters. The van der Waals surface area contributed by atoms with E-state index < -0.39 is 0 Å². The summed E-state index contributed by atoms with van der Waals surface area (Å²) in [5.41, 5.74) is 36.9. The summed E-state index contributed by atoms with van der Waals surface area (Å²) >= 11 is 0. The van der Waals surface area contributed by atoms with Crippen LogP contribution >= 0.6 is 0 Å². The number of hydrogen-bond acceptors (Lipinski definition) is 12. The van der Waals surface area contributed by atoms with E-state index in [0.29, 0.717) is 51.1 Å². The molecular weight excluding hydrogens is 2370 g/mol. The van der Waals surface area contributed by atoms with Gasteiger partial charge in [0, 0.05) is 98.9 Å². The third-order valence-corrected chi connectivity index (χ3v) is 27.7. The van der Waals surface area contributed by atoms with Crippen molar-refractivity contribution in [1.82, 2.24) is 29.9 Å². The molecule has 18 aromatic rings. The first-order chi connectivity index (χ1) is 68.0. The maximum Gasteiger partial charge on any atom is 0.230 e. The van der Waals surface area contributed by atoms with Gasteiger partial charge in [0.25, 0.3) is 0 Å². The summed E-state index contributed by atoms with van der Waals surface area (Å²) < 4.78 is 18.8. The van der Waals surface area contributed by atoms with Gasteiger partial charge in [-0.25, -0.2) is 15.0 Å². The number of oxazole rings is 3. The topological polar surface area (TPSA) is 177 Å². The molecule has 0 atom stereocenters. The molecule has 12 aromatic carbocycles. The Morgan fingerprint density at radius 3 is 0.812 bits per heavy atom. The van der Waals surface area contributed by atoms with Gasteiger partial charge >= 0.3 is 0 Å². The van der Waals surface area contributed by atoms with E-state index in [-0.39, 0.29) is 140 Å². The smallest absolute Gasteiger partial charge is 0.230 e. The van der Waals surface area contributed by atoms with Crippen molar-refractivity contribution in [1.29, 1.82) is 0 Å². The van der Waals surface area contributed by atoms with Crippen LogP contribution in [0.1, 0.15) is 290 Å². The van der Waals surface area contributed by atoms with Crippen molar-refractivity contribution in [3.05, 3.63) is 341 Å². The molecule has 6 heterocycles. The number of phenolic OH excluding ortho intramolecular Hbond substituents is 3. The van der Waals surface area contributed by atoms with Crippen LogP contribution in [0.5, 0.6) is 17.2 Å². The summed E-state index contributed by atoms with van der Waals surface area (Å²) in [6, 6.07) is 94.0. The zero-order chi connectivity index (χ0) is 106. The Labute approximate surface area is 928 Å². The van der Waals surface area contributed by atoms with Crippen LogP contribution in [0, 0.1) is 18.2 Å². The normalized spacial score (nSPS) is 12.5. The van der Waals surface area contributed by atoms with Crippen molar-refractivity contribution in [3.63, 3.8) is 0 Å². The predicted octanol–water partition coefficient (Wildman–Crippen LogP) is 36.5. The van der Waals surface area contributed by atoms with E-state index in [4.69, 9.17) is 43.2 Å². The third-order valence-electron chi connectivity index (χ3n) is 27.7. The molecule has 0 aliphatic heterocycles. The van der Waals surface area contributed by atoms with Gasteiger partial charge in [-0.05, 0) is 205 Å². The quantitative estimate of drug-likeness (QED) is 0.0988. The molecule has 0 radical (unpaired) electrons. The van der Waals surface area contributed by atoms with E-state index in [1.165, 1.54) is 72.3 Å². The third kappa shape index (κ3) is 25.2. The molecule has 0 fully saturated rings. The van der Waals surface area contributed by atoms with Crippen LogP contribution < -0.4 is 0 Å². The van der Waals surface area contributed by atoms with E-state index in [1.54, 1.807) is 42.5 Å². The standard InChI is InChI=1S/C50H59N2O2.C46H51N2O2.C38H35N2O2.3Pt/c1-46(2,3)32-22-31(23-33(25-32)47(4,5)6)30-20-21-51-41(24-30)38-28-36(39(49(10,11)12)29-40(38)50(13,14)15)37-26-34(48(7,8)9)27-43-44(37)52-45(54-43)35-18-16-17-19-42(35)53;1-43(2,3)30-22-29(23-31(25-30)44(4,5)6)28-20-21-47-38(24-28)35-26-34(36(45(7,8)9)27-37(35)46(10,11)12)32-17-15-19-40-41(32)48-42(50-40)33-16-13-14-18-39(33)49;1-37(2,3)28-20-27(21-29(23-28)38(4,5)6)24-17-18-39-32(22-24)26-12-9-11-25(19-26)30-14-10-16-34-35(30)40-36(42-34)31-13-7-8-15-33(31)41;;;/h16-27,29,53H,1-15H3;13-25,27,49H,1-12H3;7-18,20-23,41H,1-6H3;;;/q3*-1;;;. The van der Waals surface area contributed by atoms with E-state index >= 15 is 0 Å². The van der Waals surface area contributed by atoms with Gasteiger partial charge in [0.1, 0.15) is 34.0 Å². The number of benzene rings is 12. The van der Waals surface area contributed by atoms with Crippen molar-refractivity contribution in [3.8, 4) is 152 Å². The number of rotatable bonds is 12. The fourth-order valence-electron chi connectivity index (χ4n) is 18.6. The van der Waals surface area contributed by atoms with Crippen LogP contribution in [-0.4, -0.2) is 45.2 Å². The van der Waals surface area contributed by atoms with Crippen molar-refractivity contribution >= 4 is 33.3 Å². The molecule has 3 N–H and O–H groups in total. The largest absolute Gasteiger partial charge is 0.507 e. The second-order valence-electron chi connectivity index (χ2n) is 50.9. The number of hydrogen-bond donors (Lipinski definition) is 3. The second kappa shape index (κ2) is 42.7. The summed E-state index contributed by atoms with van der Waals surface area (Å²) in [5, 5.41) is 31.7. The molecule has 6 aromatic heterocycles. The Bertz CT molecular complexity index is 7890. The van der Waals surface area contributed by atoms with Crippen LogP contribution in [0.4, 0.5) is 0 Å². The van der Waals surface area contributed by atoms with Gasteiger partial charge in [0.2, 0.25) is 17.7 Å². The van der Waals surface area contributed by atoms with Crippen LogP contribution in [0.25, 0.3) is 168 Å². The zero-order valence-corrected chi connectivity index (χ0v) is 99.8. The monoisotopic (exact) mass is 2520 g/mol. The minimum Gasteiger partial charge on any atom is -0.507 e. The summed E-state index contributed by atoms with van der Waals surface area (Å²) in [7, 11) is 0. The Morgan fingerprint density at radius 2 is 0.477 bits per heavy atom. The molecule has 0 saturated carbocycles. The van der Waals surface area contributed by atoms with Crippen LogP contribution in [0.3, 0.4) is 0 Å². The van der Waals surface area contributed by atoms with Gasteiger partial charge in [-0.2, -0.15) is 0 Å². The molecule has 0 aliphatic rings. The number of para-hydroxylation sites is 5. The van der Waals surface area contributed by atoms with Crippen LogP contribution in [0.2, 0.25) is 0 Å². The van der Waals surface area contributed by atoms with Gasteiger partial charge in [-0.15, -0.1) is 87.5 Å². The second-order valence-corrected chi connectivity index (χ2v) is 50.9. The molecular formula is C134H145N6O6Pt3-3. The van der Waals surface area contributed by atoms with Crippen LogP contribution in [-0.2, 0) is 123 Å². The van der Waals surface area contributed by atoms with Gasteiger partial charge in [-0.3, -0.25) is 15.0 Å². The fourth-order valence-corrected chi connectivity index (χ4v) is 18.6. The molecule has 15 heteroatoms. The Balaban J connectivity index is 0.000000186. The summed E-state index contributed by atoms with van der Waals surface area (Å²) in [4.78, 5) is 29.6. The number of fused-ring (bicyclic) bond motifs is 3. The van der Waals surface area contributed by atoms with Crippen molar-refractivity contribution < 1.29 is 91.8 Å². The Kier molecular flexibility index (Phi) is 32.7. The molecule has 18 rings (SSSR count). The molecule has 149 heavy (non-hydrogen) atoms. The van der Waals surface area contributed by atoms with E-state index in [2.05, 4.69) is 368 Å². The van der Waals surface area contributed by atoms with Crippen molar-refractivity contribution in [2.45, 2.75) is 288 Å². The first kappa shape index (κ1) is 114.